The van der Waals surface area contributed by atoms with Crippen molar-refractivity contribution in [2.45, 2.75) is 25.7 Å². The van der Waals surface area contributed by atoms with Crippen LogP contribution in [0.4, 0.5) is 4.39 Å². The van der Waals surface area contributed by atoms with Crippen molar-refractivity contribution in [1.82, 2.24) is 4.90 Å². The lowest BCUT2D eigenvalue weighted by molar-refractivity contribution is 0.186. The molecule has 0 spiro atoms. The van der Waals surface area contributed by atoms with E-state index in [1.165, 1.54) is 32.0 Å². The lowest BCUT2D eigenvalue weighted by Gasteiger charge is -2.31. The predicted molar refractivity (Wildman–Crippen MR) is 72.9 cm³/mol. The zero-order valence-electron chi connectivity index (χ0n) is 10.9. The van der Waals surface area contributed by atoms with E-state index in [9.17, 15) is 4.39 Å². The Morgan fingerprint density at radius 2 is 2.06 bits per heavy atom. The highest BCUT2D eigenvalue weighted by atomic mass is 19.1. The van der Waals surface area contributed by atoms with E-state index in [0.29, 0.717) is 0 Å². The van der Waals surface area contributed by atoms with Gasteiger partial charge in [0.2, 0.25) is 0 Å². The Morgan fingerprint density at radius 3 is 2.72 bits per heavy atom. The Hall–Kier alpha value is -0.930. The summed E-state index contributed by atoms with van der Waals surface area (Å²) in [4.78, 5) is 2.51. The molecule has 0 unspecified atom stereocenters. The summed E-state index contributed by atoms with van der Waals surface area (Å²) in [5.41, 5.74) is 6.79. The number of nitrogens with two attached hydrogens (primary N) is 1. The highest BCUT2D eigenvalue weighted by Crippen LogP contribution is 2.16. The molecule has 1 aromatic rings. The molecule has 1 heterocycles. The predicted octanol–water partition coefficient (Wildman–Crippen LogP) is 2.43. The van der Waals surface area contributed by atoms with Crippen LogP contribution in [0.15, 0.2) is 24.3 Å². The summed E-state index contributed by atoms with van der Waals surface area (Å²) in [6.07, 6.45) is 4.54. The van der Waals surface area contributed by atoms with Gasteiger partial charge in [0, 0.05) is 0 Å². The summed E-state index contributed by atoms with van der Waals surface area (Å²) in [6.45, 7) is 4.29. The van der Waals surface area contributed by atoms with Gasteiger partial charge >= 0.3 is 0 Å². The third-order valence-electron chi connectivity index (χ3n) is 3.87. The molecule has 2 N–H and O–H groups in total. The summed E-state index contributed by atoms with van der Waals surface area (Å²) in [7, 11) is 0. The van der Waals surface area contributed by atoms with Crippen LogP contribution in [0.1, 0.15) is 24.8 Å². The topological polar surface area (TPSA) is 29.3 Å². The van der Waals surface area contributed by atoms with Gasteiger partial charge in [-0.05, 0) is 75.5 Å². The first-order chi connectivity index (χ1) is 8.78. The van der Waals surface area contributed by atoms with E-state index in [1.807, 2.05) is 6.07 Å². The molecule has 0 atom stereocenters. The van der Waals surface area contributed by atoms with Gasteiger partial charge in [-0.2, -0.15) is 0 Å². The fraction of sp³-hybridized carbons (Fsp3) is 0.600. The second-order valence-corrected chi connectivity index (χ2v) is 5.25. The van der Waals surface area contributed by atoms with E-state index in [2.05, 4.69) is 4.90 Å². The van der Waals surface area contributed by atoms with Crippen LogP contribution in [-0.4, -0.2) is 31.1 Å². The molecule has 1 fully saturated rings. The Morgan fingerprint density at radius 1 is 1.28 bits per heavy atom. The van der Waals surface area contributed by atoms with E-state index >= 15 is 0 Å². The maximum Gasteiger partial charge on any atom is 0.123 e. The molecule has 1 aromatic carbocycles. The summed E-state index contributed by atoms with van der Waals surface area (Å²) >= 11 is 0. The summed E-state index contributed by atoms with van der Waals surface area (Å²) in [6, 6.07) is 6.93. The second kappa shape index (κ2) is 6.86. The molecule has 0 radical (unpaired) electrons. The summed E-state index contributed by atoms with van der Waals surface area (Å²) in [5, 5.41) is 0. The van der Waals surface area contributed by atoms with Crippen LogP contribution >= 0.6 is 0 Å². The van der Waals surface area contributed by atoms with Crippen molar-refractivity contribution in [2.75, 3.05) is 26.2 Å². The van der Waals surface area contributed by atoms with Crippen molar-refractivity contribution in [3.05, 3.63) is 35.6 Å². The lowest BCUT2D eigenvalue weighted by Crippen LogP contribution is -2.36. The number of likely N-dealkylation sites (tertiary alicyclic amines) is 1. The van der Waals surface area contributed by atoms with Crippen LogP contribution < -0.4 is 5.73 Å². The number of halogens is 1. The van der Waals surface area contributed by atoms with Crippen LogP contribution in [0.25, 0.3) is 0 Å². The summed E-state index contributed by atoms with van der Waals surface area (Å²) in [5.74, 6) is 0.598. The SMILES string of the molecule is NCC1CCN(CCCc2cccc(F)c2)CC1. The molecule has 0 aromatic heterocycles. The average Bonchev–Trinajstić information content (AvgIpc) is 2.40. The Balaban J connectivity index is 1.67. The van der Waals surface area contributed by atoms with Crippen LogP contribution in [0.3, 0.4) is 0 Å². The van der Waals surface area contributed by atoms with E-state index in [1.54, 1.807) is 12.1 Å². The third kappa shape index (κ3) is 4.07. The number of aryl methyl sites for hydroxylation is 1. The smallest absolute Gasteiger partial charge is 0.123 e. The van der Waals surface area contributed by atoms with Crippen molar-refractivity contribution in [3.63, 3.8) is 0 Å². The molecule has 2 rings (SSSR count). The zero-order chi connectivity index (χ0) is 12.8. The van der Waals surface area contributed by atoms with E-state index in [4.69, 9.17) is 5.73 Å². The molecule has 3 heteroatoms. The quantitative estimate of drug-likeness (QED) is 0.869. The molecule has 0 aliphatic carbocycles. The highest BCUT2D eigenvalue weighted by molar-refractivity contribution is 5.16. The fourth-order valence-electron chi connectivity index (χ4n) is 2.65. The molecule has 1 aliphatic rings. The van der Waals surface area contributed by atoms with Crippen LogP contribution in [-0.2, 0) is 6.42 Å². The fourth-order valence-corrected chi connectivity index (χ4v) is 2.65. The molecule has 18 heavy (non-hydrogen) atoms. The van der Waals surface area contributed by atoms with E-state index in [0.717, 1.165) is 37.4 Å². The van der Waals surface area contributed by atoms with E-state index in [-0.39, 0.29) is 5.82 Å². The minimum absolute atomic E-state index is 0.128. The first kappa shape index (κ1) is 13.5. The number of piperidine rings is 1. The molecule has 1 aliphatic heterocycles. The van der Waals surface area contributed by atoms with Gasteiger partial charge in [-0.25, -0.2) is 4.39 Å². The average molecular weight is 250 g/mol. The van der Waals surface area contributed by atoms with Gasteiger partial charge in [-0.3, -0.25) is 0 Å². The number of hydrogen-bond acceptors (Lipinski definition) is 2. The molecule has 1 saturated heterocycles. The zero-order valence-corrected chi connectivity index (χ0v) is 10.9. The van der Waals surface area contributed by atoms with Gasteiger partial charge in [0.15, 0.2) is 0 Å². The first-order valence-corrected chi connectivity index (χ1v) is 6.95. The molecule has 100 valence electrons. The van der Waals surface area contributed by atoms with Crippen molar-refractivity contribution in [3.8, 4) is 0 Å². The van der Waals surface area contributed by atoms with Gasteiger partial charge in [-0.15, -0.1) is 0 Å². The van der Waals surface area contributed by atoms with Gasteiger partial charge in [-0.1, -0.05) is 12.1 Å². The number of benzene rings is 1. The van der Waals surface area contributed by atoms with Gasteiger partial charge < -0.3 is 10.6 Å². The molecular formula is C15H23FN2. The molecule has 0 amide bonds. The number of rotatable bonds is 5. The van der Waals surface area contributed by atoms with E-state index < -0.39 is 0 Å². The minimum atomic E-state index is -0.128. The Bertz CT molecular complexity index is 359. The maximum atomic E-state index is 13.0. The van der Waals surface area contributed by atoms with Crippen molar-refractivity contribution in [1.29, 1.82) is 0 Å². The van der Waals surface area contributed by atoms with Crippen molar-refractivity contribution in [2.24, 2.45) is 11.7 Å². The number of hydrogen-bond donors (Lipinski definition) is 1. The number of nitrogens with zero attached hydrogens (tertiary/aromatic N) is 1. The standard InChI is InChI=1S/C15H23FN2/c16-15-5-1-3-13(11-15)4-2-8-18-9-6-14(12-17)7-10-18/h1,3,5,11,14H,2,4,6-10,12,17H2. The van der Waals surface area contributed by atoms with Gasteiger partial charge in [0.25, 0.3) is 0 Å². The molecule has 2 nitrogen and oxygen atoms in total. The maximum absolute atomic E-state index is 13.0. The van der Waals surface area contributed by atoms with Crippen molar-refractivity contribution >= 4 is 0 Å². The molecular weight excluding hydrogens is 227 g/mol. The van der Waals surface area contributed by atoms with Crippen LogP contribution in [0.2, 0.25) is 0 Å². The van der Waals surface area contributed by atoms with Crippen LogP contribution in [0, 0.1) is 11.7 Å². The Kier molecular flexibility index (Phi) is 5.14. The first-order valence-electron chi connectivity index (χ1n) is 6.95. The molecule has 0 bridgehead atoms. The van der Waals surface area contributed by atoms with Crippen molar-refractivity contribution < 1.29 is 4.39 Å². The highest BCUT2D eigenvalue weighted by Gasteiger charge is 2.17. The lowest BCUT2D eigenvalue weighted by atomic mass is 9.97. The van der Waals surface area contributed by atoms with Gasteiger partial charge in [0.1, 0.15) is 5.82 Å². The largest absolute Gasteiger partial charge is 0.330 e. The van der Waals surface area contributed by atoms with Crippen LogP contribution in [0.5, 0.6) is 0 Å². The minimum Gasteiger partial charge on any atom is -0.330 e. The Labute approximate surface area is 109 Å². The van der Waals surface area contributed by atoms with Gasteiger partial charge in [0.05, 0.1) is 0 Å². The monoisotopic (exact) mass is 250 g/mol. The normalized spacial score (nSPS) is 18.1. The summed E-state index contributed by atoms with van der Waals surface area (Å²) < 4.78 is 13.0. The second-order valence-electron chi connectivity index (χ2n) is 5.25. The molecule has 0 saturated carbocycles. The third-order valence-corrected chi connectivity index (χ3v) is 3.87.